The number of piperidine rings is 1. The van der Waals surface area contributed by atoms with Crippen molar-refractivity contribution in [2.75, 3.05) is 26.7 Å². The molecule has 1 aromatic carbocycles. The molecule has 2 aromatic rings. The fraction of sp³-hybridized carbons (Fsp3) is 0.474. The van der Waals surface area contributed by atoms with Crippen molar-refractivity contribution >= 4 is 42.1 Å². The number of halogens is 3. The predicted molar refractivity (Wildman–Crippen MR) is 114 cm³/mol. The van der Waals surface area contributed by atoms with Crippen molar-refractivity contribution < 1.29 is 9.18 Å². The molecule has 0 saturated carbocycles. The molecule has 150 valence electrons. The maximum Gasteiger partial charge on any atom is 0.228 e. The quantitative estimate of drug-likeness (QED) is 0.742. The van der Waals surface area contributed by atoms with E-state index in [1.54, 1.807) is 6.07 Å². The van der Waals surface area contributed by atoms with E-state index < -0.39 is 0 Å². The number of hydrogen-bond acceptors (Lipinski definition) is 4. The van der Waals surface area contributed by atoms with Gasteiger partial charge >= 0.3 is 0 Å². The van der Waals surface area contributed by atoms with Crippen LogP contribution in [0.5, 0.6) is 0 Å². The van der Waals surface area contributed by atoms with Crippen LogP contribution in [0.2, 0.25) is 0 Å². The van der Waals surface area contributed by atoms with Gasteiger partial charge in [-0.2, -0.15) is 0 Å². The summed E-state index contributed by atoms with van der Waals surface area (Å²) in [7, 11) is 1.98. The number of carbonyl (C=O) groups is 1. The molecule has 8 heteroatoms. The van der Waals surface area contributed by atoms with Crippen LogP contribution in [0.3, 0.4) is 0 Å². The second-order valence-electron chi connectivity index (χ2n) is 6.55. The molecule has 1 aliphatic heterocycles. The van der Waals surface area contributed by atoms with E-state index in [-0.39, 0.29) is 36.5 Å². The molecule has 2 heterocycles. The molecule has 1 fully saturated rings. The summed E-state index contributed by atoms with van der Waals surface area (Å²) < 4.78 is 13.3. The van der Waals surface area contributed by atoms with Crippen LogP contribution < -0.4 is 5.32 Å². The highest BCUT2D eigenvalue weighted by Gasteiger charge is 2.23. The zero-order chi connectivity index (χ0) is 17.6. The molecule has 0 atom stereocenters. The monoisotopic (exact) mass is 433 g/mol. The minimum atomic E-state index is -0.272. The van der Waals surface area contributed by atoms with Crippen LogP contribution >= 0.6 is 36.2 Å². The molecule has 1 amide bonds. The minimum Gasteiger partial charge on any atom is -0.342 e. The van der Waals surface area contributed by atoms with E-state index in [9.17, 15) is 9.18 Å². The van der Waals surface area contributed by atoms with E-state index in [1.807, 2.05) is 23.4 Å². The SMILES string of the molecule is CNCCC1CCN(C(=O)Cc2csc(-c3cccc(F)c3)n2)CC1.Cl.Cl. The van der Waals surface area contributed by atoms with Crippen molar-refractivity contribution in [3.05, 3.63) is 41.2 Å². The molecule has 0 spiro atoms. The summed E-state index contributed by atoms with van der Waals surface area (Å²) in [5, 5.41) is 5.85. The topological polar surface area (TPSA) is 45.2 Å². The van der Waals surface area contributed by atoms with E-state index in [0.717, 1.165) is 54.7 Å². The van der Waals surface area contributed by atoms with E-state index in [0.29, 0.717) is 6.42 Å². The van der Waals surface area contributed by atoms with Gasteiger partial charge in [0, 0.05) is 24.0 Å². The third kappa shape index (κ3) is 6.71. The summed E-state index contributed by atoms with van der Waals surface area (Å²) in [5.41, 5.74) is 1.53. The smallest absolute Gasteiger partial charge is 0.228 e. The van der Waals surface area contributed by atoms with Crippen molar-refractivity contribution in [3.8, 4) is 10.6 Å². The molecule has 1 aromatic heterocycles. The highest BCUT2D eigenvalue weighted by Crippen LogP contribution is 2.25. The molecule has 0 bridgehead atoms. The lowest BCUT2D eigenvalue weighted by Crippen LogP contribution is -2.39. The predicted octanol–water partition coefficient (Wildman–Crippen LogP) is 4.18. The Bertz CT molecular complexity index is 720. The summed E-state index contributed by atoms with van der Waals surface area (Å²) in [6.45, 7) is 2.72. The number of benzene rings is 1. The molecule has 0 unspecified atom stereocenters. The highest BCUT2D eigenvalue weighted by molar-refractivity contribution is 7.13. The number of hydrogen-bond donors (Lipinski definition) is 1. The zero-order valence-corrected chi connectivity index (χ0v) is 17.8. The van der Waals surface area contributed by atoms with Gasteiger partial charge in [-0.25, -0.2) is 9.37 Å². The molecule has 1 N–H and O–H groups in total. The average molecular weight is 434 g/mol. The molecular weight excluding hydrogens is 408 g/mol. The highest BCUT2D eigenvalue weighted by atomic mass is 35.5. The normalized spacial score (nSPS) is 14.4. The Morgan fingerprint density at radius 3 is 2.74 bits per heavy atom. The third-order valence-corrected chi connectivity index (χ3v) is 5.67. The lowest BCUT2D eigenvalue weighted by Gasteiger charge is -2.32. The molecule has 4 nitrogen and oxygen atoms in total. The Morgan fingerprint density at radius 1 is 1.33 bits per heavy atom. The second-order valence-corrected chi connectivity index (χ2v) is 7.41. The van der Waals surface area contributed by atoms with Crippen molar-refractivity contribution in [1.29, 1.82) is 0 Å². The largest absolute Gasteiger partial charge is 0.342 e. The number of nitrogens with one attached hydrogen (secondary N) is 1. The number of likely N-dealkylation sites (tertiary alicyclic amines) is 1. The van der Waals surface area contributed by atoms with Crippen LogP contribution in [0.1, 0.15) is 25.0 Å². The van der Waals surface area contributed by atoms with Gasteiger partial charge in [-0.05, 0) is 50.9 Å². The van der Waals surface area contributed by atoms with Gasteiger partial charge < -0.3 is 10.2 Å². The molecular formula is C19H26Cl2FN3OS. The number of aromatic nitrogens is 1. The van der Waals surface area contributed by atoms with Gasteiger partial charge in [-0.15, -0.1) is 36.2 Å². The van der Waals surface area contributed by atoms with Gasteiger partial charge in [0.15, 0.2) is 0 Å². The maximum absolute atomic E-state index is 13.3. The number of amides is 1. The van der Waals surface area contributed by atoms with Gasteiger partial charge in [0.25, 0.3) is 0 Å². The molecule has 3 rings (SSSR count). The fourth-order valence-corrected chi connectivity index (χ4v) is 4.05. The standard InChI is InChI=1S/C19H24FN3OS.2ClH/c1-21-8-5-14-6-9-23(10-7-14)18(24)12-17-13-25-19(22-17)15-3-2-4-16(20)11-15;;/h2-4,11,13-14,21H,5-10,12H2,1H3;2*1H. The van der Waals surface area contributed by atoms with Gasteiger partial charge in [0.2, 0.25) is 5.91 Å². The van der Waals surface area contributed by atoms with Gasteiger partial charge in [-0.1, -0.05) is 12.1 Å². The second kappa shape index (κ2) is 11.6. The minimum absolute atomic E-state index is 0. The first-order valence-electron chi connectivity index (χ1n) is 8.78. The first-order valence-corrected chi connectivity index (χ1v) is 9.66. The molecule has 1 aliphatic rings. The van der Waals surface area contributed by atoms with Crippen LogP contribution in [0.25, 0.3) is 10.6 Å². The van der Waals surface area contributed by atoms with Gasteiger partial charge in [-0.3, -0.25) is 4.79 Å². The Labute approximate surface area is 176 Å². The van der Waals surface area contributed by atoms with E-state index >= 15 is 0 Å². The first-order chi connectivity index (χ1) is 12.2. The van der Waals surface area contributed by atoms with Crippen LogP contribution in [-0.4, -0.2) is 42.5 Å². The summed E-state index contributed by atoms with van der Waals surface area (Å²) in [4.78, 5) is 19.0. The van der Waals surface area contributed by atoms with Crippen molar-refractivity contribution in [3.63, 3.8) is 0 Å². The Kier molecular flexibility index (Phi) is 10.2. The van der Waals surface area contributed by atoms with E-state index in [2.05, 4.69) is 10.3 Å². The molecule has 0 radical (unpaired) electrons. The summed E-state index contributed by atoms with van der Waals surface area (Å²) >= 11 is 1.45. The summed E-state index contributed by atoms with van der Waals surface area (Å²) in [5.74, 6) is 0.588. The van der Waals surface area contributed by atoms with E-state index in [1.165, 1.54) is 29.9 Å². The fourth-order valence-electron chi connectivity index (χ4n) is 3.23. The Balaban J connectivity index is 0.00000182. The molecule has 0 aliphatic carbocycles. The third-order valence-electron chi connectivity index (χ3n) is 4.73. The summed E-state index contributed by atoms with van der Waals surface area (Å²) in [6.07, 6.45) is 3.67. The number of nitrogens with zero attached hydrogens (tertiary/aromatic N) is 2. The first kappa shape index (κ1) is 23.8. The lowest BCUT2D eigenvalue weighted by molar-refractivity contribution is -0.131. The number of thiazole rings is 1. The van der Waals surface area contributed by atoms with Crippen LogP contribution in [0.15, 0.2) is 29.6 Å². The number of carbonyl (C=O) groups excluding carboxylic acids is 1. The Hall–Kier alpha value is -1.21. The van der Waals surface area contributed by atoms with Gasteiger partial charge in [0.05, 0.1) is 12.1 Å². The average Bonchev–Trinajstić information content (AvgIpc) is 3.09. The molecule has 27 heavy (non-hydrogen) atoms. The van der Waals surface area contributed by atoms with Crippen LogP contribution in [0.4, 0.5) is 4.39 Å². The molecule has 1 saturated heterocycles. The Morgan fingerprint density at radius 2 is 2.07 bits per heavy atom. The summed E-state index contributed by atoms with van der Waals surface area (Å²) in [6, 6.07) is 6.40. The van der Waals surface area contributed by atoms with Crippen molar-refractivity contribution in [2.45, 2.75) is 25.7 Å². The zero-order valence-electron chi connectivity index (χ0n) is 15.3. The van der Waals surface area contributed by atoms with Crippen molar-refractivity contribution in [1.82, 2.24) is 15.2 Å². The van der Waals surface area contributed by atoms with E-state index in [4.69, 9.17) is 0 Å². The maximum atomic E-state index is 13.3. The number of rotatable bonds is 6. The van der Waals surface area contributed by atoms with Crippen LogP contribution in [0, 0.1) is 11.7 Å². The van der Waals surface area contributed by atoms with Gasteiger partial charge in [0.1, 0.15) is 10.8 Å². The van der Waals surface area contributed by atoms with Crippen LogP contribution in [-0.2, 0) is 11.2 Å². The van der Waals surface area contributed by atoms with Crippen molar-refractivity contribution in [2.24, 2.45) is 5.92 Å². The lowest BCUT2D eigenvalue weighted by atomic mass is 9.93.